The van der Waals surface area contributed by atoms with Crippen molar-refractivity contribution >= 4 is 5.91 Å². The predicted octanol–water partition coefficient (Wildman–Crippen LogP) is 0.508. The molecule has 1 amide bonds. The first-order valence-electron chi connectivity index (χ1n) is 5.78. The van der Waals surface area contributed by atoms with Crippen LogP contribution in [0.3, 0.4) is 0 Å². The minimum Gasteiger partial charge on any atom is -0.359 e. The Balaban J connectivity index is 1.93. The number of aromatic nitrogens is 1. The van der Waals surface area contributed by atoms with Crippen LogP contribution in [0.15, 0.2) is 10.6 Å². The average molecular weight is 238 g/mol. The number of hydrogen-bond acceptors (Lipinski definition) is 5. The van der Waals surface area contributed by atoms with Gasteiger partial charge in [0.05, 0.1) is 6.54 Å². The van der Waals surface area contributed by atoms with Gasteiger partial charge in [0.2, 0.25) is 0 Å². The molecule has 1 aliphatic rings. The van der Waals surface area contributed by atoms with Crippen LogP contribution in [0.4, 0.5) is 0 Å². The van der Waals surface area contributed by atoms with E-state index in [1.165, 1.54) is 12.8 Å². The van der Waals surface area contributed by atoms with Crippen molar-refractivity contribution < 1.29 is 9.32 Å². The molecule has 94 valence electrons. The fourth-order valence-electron chi connectivity index (χ4n) is 1.90. The van der Waals surface area contributed by atoms with Crippen molar-refractivity contribution in [1.82, 2.24) is 15.5 Å². The van der Waals surface area contributed by atoms with Crippen LogP contribution >= 0.6 is 0 Å². The summed E-state index contributed by atoms with van der Waals surface area (Å²) in [6.07, 6.45) is 2.62. The first kappa shape index (κ1) is 12.1. The van der Waals surface area contributed by atoms with Crippen LogP contribution in [0.5, 0.6) is 0 Å². The number of hydrazine groups is 1. The summed E-state index contributed by atoms with van der Waals surface area (Å²) in [6.45, 7) is 2.87. The maximum atomic E-state index is 11.2. The van der Waals surface area contributed by atoms with Gasteiger partial charge in [0.15, 0.2) is 11.5 Å². The Morgan fingerprint density at radius 3 is 3.06 bits per heavy atom. The molecule has 1 aromatic rings. The maximum Gasteiger partial charge on any atom is 0.287 e. The predicted molar refractivity (Wildman–Crippen MR) is 61.8 cm³/mol. The van der Waals surface area contributed by atoms with E-state index in [2.05, 4.69) is 17.0 Å². The molecule has 3 N–H and O–H groups in total. The standard InChI is InChI=1S/C11H18N4O2/c1-7(8-3-4-8)15(2)6-9-5-10(14-17-9)11(16)13-12/h5,7-8H,3-4,6,12H2,1-2H3,(H,13,16). The van der Waals surface area contributed by atoms with Crippen molar-refractivity contribution in [3.8, 4) is 0 Å². The number of nitrogens with one attached hydrogen (secondary N) is 1. The largest absolute Gasteiger partial charge is 0.359 e. The lowest BCUT2D eigenvalue weighted by atomic mass is 10.2. The van der Waals surface area contributed by atoms with Crippen molar-refractivity contribution in [3.63, 3.8) is 0 Å². The summed E-state index contributed by atoms with van der Waals surface area (Å²) in [5, 5.41) is 3.67. The molecular formula is C11H18N4O2. The third kappa shape index (κ3) is 2.83. The minimum absolute atomic E-state index is 0.218. The van der Waals surface area contributed by atoms with Gasteiger partial charge in [-0.15, -0.1) is 0 Å². The highest BCUT2D eigenvalue weighted by molar-refractivity contribution is 5.91. The Kier molecular flexibility index (Phi) is 3.44. The van der Waals surface area contributed by atoms with Crippen molar-refractivity contribution in [2.24, 2.45) is 11.8 Å². The molecule has 2 rings (SSSR count). The van der Waals surface area contributed by atoms with Crippen LogP contribution in [0, 0.1) is 5.92 Å². The van der Waals surface area contributed by atoms with Gasteiger partial charge in [0.25, 0.3) is 5.91 Å². The number of nitrogens with two attached hydrogens (primary N) is 1. The minimum atomic E-state index is -0.433. The summed E-state index contributed by atoms with van der Waals surface area (Å²) < 4.78 is 5.10. The van der Waals surface area contributed by atoms with Gasteiger partial charge in [-0.25, -0.2) is 5.84 Å². The van der Waals surface area contributed by atoms with Gasteiger partial charge < -0.3 is 4.52 Å². The monoisotopic (exact) mass is 238 g/mol. The summed E-state index contributed by atoms with van der Waals surface area (Å²) >= 11 is 0. The molecule has 1 unspecified atom stereocenters. The number of nitrogen functional groups attached to an aromatic ring is 1. The Hall–Kier alpha value is -1.40. The Morgan fingerprint density at radius 1 is 1.76 bits per heavy atom. The molecule has 1 aromatic heterocycles. The molecule has 0 aliphatic heterocycles. The zero-order valence-corrected chi connectivity index (χ0v) is 10.1. The van der Waals surface area contributed by atoms with E-state index in [1.807, 2.05) is 12.5 Å². The van der Waals surface area contributed by atoms with Gasteiger partial charge in [0.1, 0.15) is 0 Å². The van der Waals surface area contributed by atoms with E-state index >= 15 is 0 Å². The second kappa shape index (κ2) is 4.85. The van der Waals surface area contributed by atoms with E-state index in [9.17, 15) is 4.79 Å². The lowest BCUT2D eigenvalue weighted by Crippen LogP contribution is -2.30. The fraction of sp³-hybridized carbons (Fsp3) is 0.636. The van der Waals surface area contributed by atoms with E-state index in [4.69, 9.17) is 10.4 Å². The van der Waals surface area contributed by atoms with Gasteiger partial charge in [-0.05, 0) is 32.7 Å². The third-order valence-electron chi connectivity index (χ3n) is 3.33. The molecule has 0 saturated heterocycles. The van der Waals surface area contributed by atoms with E-state index < -0.39 is 5.91 Å². The zero-order valence-electron chi connectivity index (χ0n) is 10.1. The molecule has 6 heteroatoms. The summed E-state index contributed by atoms with van der Waals surface area (Å²) in [6, 6.07) is 2.16. The smallest absolute Gasteiger partial charge is 0.287 e. The van der Waals surface area contributed by atoms with E-state index in [-0.39, 0.29) is 5.69 Å². The molecule has 6 nitrogen and oxygen atoms in total. The van der Waals surface area contributed by atoms with Crippen LogP contribution in [-0.4, -0.2) is 29.1 Å². The number of rotatable bonds is 5. The maximum absolute atomic E-state index is 11.2. The highest BCUT2D eigenvalue weighted by atomic mass is 16.5. The Morgan fingerprint density at radius 2 is 2.47 bits per heavy atom. The van der Waals surface area contributed by atoms with Crippen LogP contribution in [0.1, 0.15) is 36.0 Å². The summed E-state index contributed by atoms with van der Waals surface area (Å²) in [4.78, 5) is 13.4. The third-order valence-corrected chi connectivity index (χ3v) is 3.33. The van der Waals surface area contributed by atoms with Crippen LogP contribution in [-0.2, 0) is 6.54 Å². The molecule has 1 fully saturated rings. The number of amides is 1. The molecule has 0 spiro atoms. The molecule has 17 heavy (non-hydrogen) atoms. The second-order valence-corrected chi connectivity index (χ2v) is 4.65. The summed E-state index contributed by atoms with van der Waals surface area (Å²) in [5.41, 5.74) is 2.24. The number of carbonyl (C=O) groups excluding carboxylic acids is 1. The zero-order chi connectivity index (χ0) is 12.4. The van der Waals surface area contributed by atoms with Crippen LogP contribution < -0.4 is 11.3 Å². The van der Waals surface area contributed by atoms with Crippen molar-refractivity contribution in [2.75, 3.05) is 7.05 Å². The van der Waals surface area contributed by atoms with E-state index in [0.717, 1.165) is 5.92 Å². The molecule has 0 bridgehead atoms. The van der Waals surface area contributed by atoms with Gasteiger partial charge in [-0.2, -0.15) is 0 Å². The molecular weight excluding hydrogens is 220 g/mol. The lowest BCUT2D eigenvalue weighted by molar-refractivity contribution is 0.0944. The molecule has 1 heterocycles. The average Bonchev–Trinajstić information content (AvgIpc) is 3.08. The first-order chi connectivity index (χ1) is 8.11. The fourth-order valence-corrected chi connectivity index (χ4v) is 1.90. The van der Waals surface area contributed by atoms with Crippen molar-refractivity contribution in [1.29, 1.82) is 0 Å². The van der Waals surface area contributed by atoms with Crippen molar-refractivity contribution in [2.45, 2.75) is 32.4 Å². The topological polar surface area (TPSA) is 84.4 Å². The Labute approximate surface area is 100 Å². The van der Waals surface area contributed by atoms with Gasteiger partial charge in [0, 0.05) is 12.1 Å². The highest BCUT2D eigenvalue weighted by Crippen LogP contribution is 2.35. The lowest BCUT2D eigenvalue weighted by Gasteiger charge is -2.22. The van der Waals surface area contributed by atoms with Gasteiger partial charge in [-0.1, -0.05) is 5.16 Å². The Bertz CT molecular complexity index is 400. The second-order valence-electron chi connectivity index (χ2n) is 4.65. The van der Waals surface area contributed by atoms with Gasteiger partial charge >= 0.3 is 0 Å². The SMILES string of the molecule is CC(C1CC1)N(C)Cc1cc(C(=O)NN)no1. The highest BCUT2D eigenvalue weighted by Gasteiger charge is 2.30. The first-order valence-corrected chi connectivity index (χ1v) is 5.78. The molecule has 1 saturated carbocycles. The number of carbonyl (C=O) groups is 1. The van der Waals surface area contributed by atoms with Crippen molar-refractivity contribution in [3.05, 3.63) is 17.5 Å². The van der Waals surface area contributed by atoms with Crippen LogP contribution in [0.2, 0.25) is 0 Å². The number of hydrogen-bond donors (Lipinski definition) is 2. The van der Waals surface area contributed by atoms with E-state index in [0.29, 0.717) is 18.3 Å². The summed E-state index contributed by atoms with van der Waals surface area (Å²) in [5.74, 6) is 6.07. The van der Waals surface area contributed by atoms with Gasteiger partial charge in [-0.3, -0.25) is 15.1 Å². The molecule has 0 aromatic carbocycles. The molecule has 1 atom stereocenters. The normalized spacial score (nSPS) is 17.2. The summed E-state index contributed by atoms with van der Waals surface area (Å²) in [7, 11) is 2.05. The van der Waals surface area contributed by atoms with E-state index in [1.54, 1.807) is 6.07 Å². The number of nitrogens with zero attached hydrogens (tertiary/aromatic N) is 2. The molecule has 1 aliphatic carbocycles. The quantitative estimate of drug-likeness (QED) is 0.443. The van der Waals surface area contributed by atoms with Crippen LogP contribution in [0.25, 0.3) is 0 Å². The molecule has 0 radical (unpaired) electrons.